The Morgan fingerprint density at radius 2 is 2.56 bits per heavy atom. The highest BCUT2D eigenvalue weighted by Gasteiger charge is 1.94. The minimum absolute atomic E-state index is 0.844. The van der Waals surface area contributed by atoms with Gasteiger partial charge in [0.1, 0.15) is 4.60 Å². The van der Waals surface area contributed by atoms with Crippen molar-refractivity contribution in [1.29, 1.82) is 0 Å². The maximum Gasteiger partial charge on any atom is 0.116 e. The van der Waals surface area contributed by atoms with E-state index in [0.29, 0.717) is 0 Å². The molecule has 3 heteroatoms. The van der Waals surface area contributed by atoms with E-state index in [0.717, 1.165) is 10.2 Å². The number of nitrogens with one attached hydrogen (secondary N) is 1. The maximum atomic E-state index is 3.77. The molecule has 0 fully saturated rings. The van der Waals surface area contributed by atoms with Crippen LogP contribution in [0.1, 0.15) is 12.5 Å². The molecule has 0 aliphatic rings. The van der Waals surface area contributed by atoms with Crippen LogP contribution in [0.4, 0.5) is 0 Å². The standard InChI is InChI=1S/C6H5BrN2/c1-2-3-5-4-8-9-6(5)7/h4H,1H3,(H,8,9). The Bertz CT molecular complexity index is 254. The van der Waals surface area contributed by atoms with E-state index >= 15 is 0 Å². The van der Waals surface area contributed by atoms with E-state index in [1.807, 2.05) is 0 Å². The first kappa shape index (κ1) is 6.37. The number of nitrogens with zero attached hydrogens (tertiary/aromatic N) is 1. The second-order valence-electron chi connectivity index (χ2n) is 1.47. The number of halogens is 1. The number of rotatable bonds is 0. The largest absolute Gasteiger partial charge is 0.270 e. The van der Waals surface area contributed by atoms with E-state index in [4.69, 9.17) is 0 Å². The van der Waals surface area contributed by atoms with Crippen LogP contribution in [-0.4, -0.2) is 10.2 Å². The Balaban J connectivity index is 3.03. The summed E-state index contributed by atoms with van der Waals surface area (Å²) < 4.78 is 0.844. The van der Waals surface area contributed by atoms with Crippen LogP contribution in [0.25, 0.3) is 0 Å². The molecule has 1 rings (SSSR count). The van der Waals surface area contributed by atoms with Gasteiger partial charge in [0, 0.05) is 0 Å². The molecule has 0 aliphatic heterocycles. The van der Waals surface area contributed by atoms with Crippen molar-refractivity contribution < 1.29 is 0 Å². The Hall–Kier alpha value is -0.750. The Labute approximate surface area is 61.8 Å². The first-order chi connectivity index (χ1) is 4.34. The highest BCUT2D eigenvalue weighted by atomic mass is 79.9. The van der Waals surface area contributed by atoms with Gasteiger partial charge in [-0.1, -0.05) is 5.92 Å². The lowest BCUT2D eigenvalue weighted by molar-refractivity contribution is 1.07. The molecule has 0 bridgehead atoms. The molecule has 0 saturated heterocycles. The molecule has 46 valence electrons. The van der Waals surface area contributed by atoms with Crippen LogP contribution < -0.4 is 0 Å². The van der Waals surface area contributed by atoms with E-state index in [1.165, 1.54) is 0 Å². The summed E-state index contributed by atoms with van der Waals surface area (Å²) in [5.41, 5.74) is 0.900. The fourth-order valence-electron chi connectivity index (χ4n) is 0.492. The van der Waals surface area contributed by atoms with E-state index in [-0.39, 0.29) is 0 Å². The fourth-order valence-corrected chi connectivity index (χ4v) is 0.796. The van der Waals surface area contributed by atoms with Gasteiger partial charge in [-0.05, 0) is 22.9 Å². The molecule has 0 amide bonds. The van der Waals surface area contributed by atoms with E-state index in [1.54, 1.807) is 13.1 Å². The maximum absolute atomic E-state index is 3.77. The summed E-state index contributed by atoms with van der Waals surface area (Å²) in [4.78, 5) is 0. The van der Waals surface area contributed by atoms with Gasteiger partial charge in [0.15, 0.2) is 0 Å². The summed E-state index contributed by atoms with van der Waals surface area (Å²) in [6.45, 7) is 1.79. The molecule has 0 radical (unpaired) electrons. The van der Waals surface area contributed by atoms with Crippen molar-refractivity contribution in [3.8, 4) is 11.8 Å². The predicted octanol–water partition coefficient (Wildman–Crippen LogP) is 1.54. The van der Waals surface area contributed by atoms with E-state index in [2.05, 4.69) is 38.0 Å². The summed E-state index contributed by atoms with van der Waals surface area (Å²) in [6, 6.07) is 0. The van der Waals surface area contributed by atoms with Gasteiger partial charge < -0.3 is 0 Å². The van der Waals surface area contributed by atoms with Crippen molar-refractivity contribution in [2.45, 2.75) is 6.92 Å². The SMILES string of the molecule is CC#Cc1cn[nH]c1Br. The van der Waals surface area contributed by atoms with Gasteiger partial charge in [-0.25, -0.2) is 0 Å². The van der Waals surface area contributed by atoms with Gasteiger partial charge in [0.05, 0.1) is 11.8 Å². The number of H-pyrrole nitrogens is 1. The molecule has 2 nitrogen and oxygen atoms in total. The average Bonchev–Trinajstić information content (AvgIpc) is 2.18. The molecule has 0 aliphatic carbocycles. The third-order valence-electron chi connectivity index (χ3n) is 0.852. The number of hydrogen-bond donors (Lipinski definition) is 1. The third-order valence-corrected chi connectivity index (χ3v) is 1.46. The molecule has 1 aromatic rings. The highest BCUT2D eigenvalue weighted by molar-refractivity contribution is 9.10. The van der Waals surface area contributed by atoms with Crippen LogP contribution in [0.2, 0.25) is 0 Å². The predicted molar refractivity (Wildman–Crippen MR) is 38.8 cm³/mol. The van der Waals surface area contributed by atoms with Crippen molar-refractivity contribution in [3.63, 3.8) is 0 Å². The molecule has 0 unspecified atom stereocenters. The number of aromatic amines is 1. The van der Waals surface area contributed by atoms with Gasteiger partial charge in [0.25, 0.3) is 0 Å². The fraction of sp³-hybridized carbons (Fsp3) is 0.167. The van der Waals surface area contributed by atoms with E-state index in [9.17, 15) is 0 Å². The molecule has 0 spiro atoms. The second-order valence-corrected chi connectivity index (χ2v) is 2.27. The molecule has 1 N–H and O–H groups in total. The molecule has 1 heterocycles. The molecule has 0 saturated carbocycles. The van der Waals surface area contributed by atoms with Crippen LogP contribution in [0.3, 0.4) is 0 Å². The van der Waals surface area contributed by atoms with Crippen molar-refractivity contribution in [1.82, 2.24) is 10.2 Å². The zero-order valence-electron chi connectivity index (χ0n) is 4.90. The summed E-state index contributed by atoms with van der Waals surface area (Å²) in [6.07, 6.45) is 1.68. The topological polar surface area (TPSA) is 28.7 Å². The normalized spacial score (nSPS) is 8.22. The molecule has 9 heavy (non-hydrogen) atoms. The Kier molecular flexibility index (Phi) is 1.91. The van der Waals surface area contributed by atoms with Crippen molar-refractivity contribution in [3.05, 3.63) is 16.4 Å². The van der Waals surface area contributed by atoms with Crippen LogP contribution in [0.5, 0.6) is 0 Å². The van der Waals surface area contributed by atoms with Gasteiger partial charge in [-0.2, -0.15) is 5.10 Å². The van der Waals surface area contributed by atoms with Gasteiger partial charge in [0.2, 0.25) is 0 Å². The monoisotopic (exact) mass is 184 g/mol. The van der Waals surface area contributed by atoms with Crippen LogP contribution in [0.15, 0.2) is 10.8 Å². The average molecular weight is 185 g/mol. The first-order valence-electron chi connectivity index (χ1n) is 2.46. The molecular formula is C6H5BrN2. The minimum atomic E-state index is 0.844. The summed E-state index contributed by atoms with van der Waals surface area (Å²) in [7, 11) is 0. The molecule has 1 aromatic heterocycles. The van der Waals surface area contributed by atoms with Crippen molar-refractivity contribution in [2.24, 2.45) is 0 Å². The van der Waals surface area contributed by atoms with Crippen molar-refractivity contribution in [2.75, 3.05) is 0 Å². The van der Waals surface area contributed by atoms with Gasteiger partial charge in [-0.3, -0.25) is 5.10 Å². The van der Waals surface area contributed by atoms with Crippen LogP contribution >= 0.6 is 15.9 Å². The highest BCUT2D eigenvalue weighted by Crippen LogP contribution is 2.09. The zero-order chi connectivity index (χ0) is 6.69. The zero-order valence-corrected chi connectivity index (χ0v) is 6.49. The lowest BCUT2D eigenvalue weighted by atomic mass is 10.4. The first-order valence-corrected chi connectivity index (χ1v) is 3.25. The smallest absolute Gasteiger partial charge is 0.116 e. The Morgan fingerprint density at radius 3 is 3.00 bits per heavy atom. The molecule has 0 atom stereocenters. The quantitative estimate of drug-likeness (QED) is 0.610. The number of aromatic nitrogens is 2. The Morgan fingerprint density at radius 1 is 1.78 bits per heavy atom. The second kappa shape index (κ2) is 2.70. The van der Waals surface area contributed by atoms with Gasteiger partial charge >= 0.3 is 0 Å². The minimum Gasteiger partial charge on any atom is -0.270 e. The number of hydrogen-bond acceptors (Lipinski definition) is 1. The van der Waals surface area contributed by atoms with Crippen LogP contribution in [-0.2, 0) is 0 Å². The lowest BCUT2D eigenvalue weighted by Gasteiger charge is -1.77. The summed E-state index contributed by atoms with van der Waals surface area (Å²) >= 11 is 3.25. The third kappa shape index (κ3) is 1.33. The van der Waals surface area contributed by atoms with E-state index < -0.39 is 0 Å². The lowest BCUT2D eigenvalue weighted by Crippen LogP contribution is -1.66. The van der Waals surface area contributed by atoms with Crippen LogP contribution in [0, 0.1) is 11.8 Å². The summed E-state index contributed by atoms with van der Waals surface area (Å²) in [5.74, 6) is 5.64. The molecule has 0 aromatic carbocycles. The van der Waals surface area contributed by atoms with Gasteiger partial charge in [-0.15, -0.1) is 5.92 Å². The van der Waals surface area contributed by atoms with Crippen molar-refractivity contribution >= 4 is 15.9 Å². The molecular weight excluding hydrogens is 180 g/mol. The summed E-state index contributed by atoms with van der Waals surface area (Å²) in [5, 5.41) is 6.48.